The molecule has 3 nitrogen and oxygen atoms in total. The second kappa shape index (κ2) is 6.76. The molecule has 2 aromatic carbocycles. The van der Waals surface area contributed by atoms with Crippen LogP contribution in [0.15, 0.2) is 42.5 Å². The van der Waals surface area contributed by atoms with Gasteiger partial charge in [-0.3, -0.25) is 0 Å². The zero-order valence-electron chi connectivity index (χ0n) is 12.1. The number of ether oxygens (including phenoxy) is 1. The standard InChI is InChI=1S/C17H17FN2O/c1-12(10-13-6-8-14(21-2)9-7-13)20-17-5-3-4-16(18)15(17)11-19/h3-9,12,20H,10H2,1-2H3. The second-order valence-corrected chi connectivity index (χ2v) is 4.87. The molecule has 0 radical (unpaired) electrons. The fraction of sp³-hybridized carbons (Fsp3) is 0.235. The van der Waals surface area contributed by atoms with Gasteiger partial charge in [0.15, 0.2) is 0 Å². The topological polar surface area (TPSA) is 45.0 Å². The van der Waals surface area contributed by atoms with E-state index < -0.39 is 5.82 Å². The monoisotopic (exact) mass is 284 g/mol. The summed E-state index contributed by atoms with van der Waals surface area (Å²) in [6.07, 6.45) is 0.769. The lowest BCUT2D eigenvalue weighted by molar-refractivity contribution is 0.414. The molecule has 0 aliphatic carbocycles. The molecular weight excluding hydrogens is 267 g/mol. The van der Waals surface area contributed by atoms with Crippen LogP contribution in [0.4, 0.5) is 10.1 Å². The van der Waals surface area contributed by atoms with E-state index in [0.717, 1.165) is 17.7 Å². The summed E-state index contributed by atoms with van der Waals surface area (Å²) in [7, 11) is 1.63. The van der Waals surface area contributed by atoms with Crippen molar-refractivity contribution in [2.24, 2.45) is 0 Å². The number of benzene rings is 2. The molecule has 0 aliphatic rings. The molecule has 108 valence electrons. The van der Waals surface area contributed by atoms with E-state index in [9.17, 15) is 4.39 Å². The molecule has 0 heterocycles. The molecule has 2 aromatic rings. The first-order chi connectivity index (χ1) is 10.1. The molecular formula is C17H17FN2O. The van der Waals surface area contributed by atoms with E-state index in [1.165, 1.54) is 6.07 Å². The van der Waals surface area contributed by atoms with Crippen LogP contribution in [0.3, 0.4) is 0 Å². The van der Waals surface area contributed by atoms with Gasteiger partial charge in [0.05, 0.1) is 12.8 Å². The van der Waals surface area contributed by atoms with Crippen molar-refractivity contribution in [1.29, 1.82) is 5.26 Å². The predicted octanol–water partition coefficient (Wildman–Crippen LogP) is 3.75. The Balaban J connectivity index is 2.06. The summed E-state index contributed by atoms with van der Waals surface area (Å²) in [6, 6.07) is 14.4. The van der Waals surface area contributed by atoms with Crippen LogP contribution in [0.1, 0.15) is 18.1 Å². The van der Waals surface area contributed by atoms with Crippen LogP contribution >= 0.6 is 0 Å². The average molecular weight is 284 g/mol. The normalized spacial score (nSPS) is 11.5. The van der Waals surface area contributed by atoms with Crippen molar-refractivity contribution in [3.8, 4) is 11.8 Å². The minimum Gasteiger partial charge on any atom is -0.497 e. The quantitative estimate of drug-likeness (QED) is 0.909. The van der Waals surface area contributed by atoms with Crippen LogP contribution in [-0.2, 0) is 6.42 Å². The van der Waals surface area contributed by atoms with Crippen LogP contribution in [0.5, 0.6) is 5.75 Å². The van der Waals surface area contributed by atoms with E-state index in [0.29, 0.717) is 5.69 Å². The summed E-state index contributed by atoms with van der Waals surface area (Å²) < 4.78 is 18.7. The highest BCUT2D eigenvalue weighted by Gasteiger charge is 2.10. The van der Waals surface area contributed by atoms with Gasteiger partial charge in [-0.1, -0.05) is 18.2 Å². The summed E-state index contributed by atoms with van der Waals surface area (Å²) >= 11 is 0. The molecule has 0 amide bonds. The SMILES string of the molecule is COc1ccc(CC(C)Nc2cccc(F)c2C#N)cc1. The van der Waals surface area contributed by atoms with Gasteiger partial charge in [0.1, 0.15) is 23.2 Å². The summed E-state index contributed by atoms with van der Waals surface area (Å²) in [5.74, 6) is 0.315. The Kier molecular flexibility index (Phi) is 4.78. The molecule has 1 unspecified atom stereocenters. The highest BCUT2D eigenvalue weighted by molar-refractivity contribution is 5.58. The largest absolute Gasteiger partial charge is 0.497 e. The van der Waals surface area contributed by atoms with E-state index in [1.54, 1.807) is 19.2 Å². The lowest BCUT2D eigenvalue weighted by Crippen LogP contribution is -2.19. The molecule has 0 saturated heterocycles. The molecule has 0 saturated carbocycles. The van der Waals surface area contributed by atoms with Gasteiger partial charge in [-0.05, 0) is 43.2 Å². The number of nitrogens with zero attached hydrogens (tertiary/aromatic N) is 1. The zero-order valence-corrected chi connectivity index (χ0v) is 12.1. The molecule has 0 fully saturated rings. The van der Waals surface area contributed by atoms with E-state index in [4.69, 9.17) is 10.00 Å². The average Bonchev–Trinajstić information content (AvgIpc) is 2.48. The highest BCUT2D eigenvalue weighted by atomic mass is 19.1. The maximum Gasteiger partial charge on any atom is 0.143 e. The van der Waals surface area contributed by atoms with Crippen molar-refractivity contribution < 1.29 is 9.13 Å². The summed E-state index contributed by atoms with van der Waals surface area (Å²) in [5, 5.41) is 12.2. The molecule has 2 rings (SSSR count). The smallest absolute Gasteiger partial charge is 0.143 e. The lowest BCUT2D eigenvalue weighted by atomic mass is 10.1. The molecule has 0 spiro atoms. The van der Waals surface area contributed by atoms with Crippen molar-refractivity contribution >= 4 is 5.69 Å². The number of rotatable bonds is 5. The van der Waals surface area contributed by atoms with Gasteiger partial charge >= 0.3 is 0 Å². The van der Waals surface area contributed by atoms with Crippen LogP contribution < -0.4 is 10.1 Å². The Hall–Kier alpha value is -2.54. The van der Waals surface area contributed by atoms with Gasteiger partial charge in [-0.15, -0.1) is 0 Å². The third kappa shape index (κ3) is 3.73. The van der Waals surface area contributed by atoms with E-state index in [1.807, 2.05) is 37.3 Å². The molecule has 4 heteroatoms. The number of nitriles is 1. The van der Waals surface area contributed by atoms with Crippen molar-refractivity contribution in [2.45, 2.75) is 19.4 Å². The zero-order chi connectivity index (χ0) is 15.2. The number of methoxy groups -OCH3 is 1. The number of anilines is 1. The Bertz CT molecular complexity index is 647. The fourth-order valence-electron chi connectivity index (χ4n) is 2.19. The van der Waals surface area contributed by atoms with Crippen LogP contribution in [0.2, 0.25) is 0 Å². The molecule has 0 aromatic heterocycles. The molecule has 0 bridgehead atoms. The third-order valence-electron chi connectivity index (χ3n) is 3.23. The second-order valence-electron chi connectivity index (χ2n) is 4.87. The van der Waals surface area contributed by atoms with E-state index in [-0.39, 0.29) is 11.6 Å². The summed E-state index contributed by atoms with van der Waals surface area (Å²) in [6.45, 7) is 2.00. The van der Waals surface area contributed by atoms with Crippen LogP contribution in [0.25, 0.3) is 0 Å². The van der Waals surface area contributed by atoms with Crippen LogP contribution in [0, 0.1) is 17.1 Å². The molecule has 21 heavy (non-hydrogen) atoms. The van der Waals surface area contributed by atoms with Gasteiger partial charge in [0.25, 0.3) is 0 Å². The fourth-order valence-corrected chi connectivity index (χ4v) is 2.19. The first-order valence-electron chi connectivity index (χ1n) is 6.72. The Morgan fingerprint density at radius 3 is 2.57 bits per heavy atom. The summed E-state index contributed by atoms with van der Waals surface area (Å²) in [5.41, 5.74) is 1.73. The highest BCUT2D eigenvalue weighted by Crippen LogP contribution is 2.20. The minimum absolute atomic E-state index is 0.0547. The van der Waals surface area contributed by atoms with Crippen molar-refractivity contribution in [3.63, 3.8) is 0 Å². The van der Waals surface area contributed by atoms with Crippen molar-refractivity contribution in [1.82, 2.24) is 0 Å². The molecule has 1 N–H and O–H groups in total. The Morgan fingerprint density at radius 2 is 1.95 bits per heavy atom. The van der Waals surface area contributed by atoms with Gasteiger partial charge in [0, 0.05) is 6.04 Å². The van der Waals surface area contributed by atoms with Gasteiger partial charge in [-0.2, -0.15) is 5.26 Å². The predicted molar refractivity (Wildman–Crippen MR) is 80.9 cm³/mol. The van der Waals surface area contributed by atoms with Crippen molar-refractivity contribution in [2.75, 3.05) is 12.4 Å². The molecule has 0 aliphatic heterocycles. The van der Waals surface area contributed by atoms with Crippen LogP contribution in [-0.4, -0.2) is 13.2 Å². The number of hydrogen-bond acceptors (Lipinski definition) is 3. The van der Waals surface area contributed by atoms with Gasteiger partial charge in [-0.25, -0.2) is 4.39 Å². The number of hydrogen-bond donors (Lipinski definition) is 1. The van der Waals surface area contributed by atoms with Gasteiger partial charge < -0.3 is 10.1 Å². The Morgan fingerprint density at radius 1 is 1.24 bits per heavy atom. The number of halogens is 1. The van der Waals surface area contributed by atoms with E-state index >= 15 is 0 Å². The first-order valence-corrected chi connectivity index (χ1v) is 6.72. The lowest BCUT2D eigenvalue weighted by Gasteiger charge is -2.16. The van der Waals surface area contributed by atoms with Crippen molar-refractivity contribution in [3.05, 3.63) is 59.4 Å². The maximum absolute atomic E-state index is 13.5. The third-order valence-corrected chi connectivity index (χ3v) is 3.23. The molecule has 1 atom stereocenters. The Labute approximate surface area is 124 Å². The van der Waals surface area contributed by atoms with E-state index in [2.05, 4.69) is 5.32 Å². The number of nitrogens with one attached hydrogen (secondary N) is 1. The first kappa shape index (κ1) is 14.9. The van der Waals surface area contributed by atoms with Gasteiger partial charge in [0.2, 0.25) is 0 Å². The maximum atomic E-state index is 13.5. The minimum atomic E-state index is -0.501. The summed E-state index contributed by atoms with van der Waals surface area (Å²) in [4.78, 5) is 0.